The van der Waals surface area contributed by atoms with Gasteiger partial charge in [-0.2, -0.15) is 0 Å². The first-order chi connectivity index (χ1) is 7.08. The van der Waals surface area contributed by atoms with E-state index in [-0.39, 0.29) is 11.9 Å². The van der Waals surface area contributed by atoms with Gasteiger partial charge in [-0.15, -0.1) is 11.3 Å². The minimum Gasteiger partial charge on any atom is -0.361 e. The van der Waals surface area contributed by atoms with Gasteiger partial charge in [0.2, 0.25) is 5.91 Å². The van der Waals surface area contributed by atoms with Crippen LogP contribution in [0.15, 0.2) is 5.38 Å². The first kappa shape index (κ1) is 12.3. The Bertz CT molecular complexity index is 327. The van der Waals surface area contributed by atoms with E-state index in [0.29, 0.717) is 18.1 Å². The van der Waals surface area contributed by atoms with E-state index in [1.165, 1.54) is 11.3 Å². The number of amides is 1. The first-order valence-corrected chi connectivity index (χ1v) is 5.98. The highest BCUT2D eigenvalue weighted by molar-refractivity contribution is 7.14. The summed E-state index contributed by atoms with van der Waals surface area (Å²) < 4.78 is 0. The maximum Gasteiger partial charge on any atom is 0.221 e. The van der Waals surface area contributed by atoms with Crippen molar-refractivity contribution in [1.82, 2.24) is 10.3 Å². The van der Waals surface area contributed by atoms with Crippen molar-refractivity contribution in [1.29, 1.82) is 0 Å². The number of carbonyl (C=O) groups is 1. The van der Waals surface area contributed by atoms with Crippen LogP contribution in [-0.4, -0.2) is 23.5 Å². The van der Waals surface area contributed by atoms with Gasteiger partial charge in [0, 0.05) is 24.4 Å². The molecule has 2 N–H and O–H groups in total. The molecule has 0 aliphatic carbocycles. The zero-order valence-corrected chi connectivity index (χ0v) is 10.3. The Kier molecular flexibility index (Phi) is 4.84. The van der Waals surface area contributed by atoms with Crippen molar-refractivity contribution >= 4 is 34.0 Å². The van der Waals surface area contributed by atoms with Crippen LogP contribution in [0.1, 0.15) is 20.3 Å². The molecule has 15 heavy (non-hydrogen) atoms. The number of nitrogens with one attached hydrogen (secondary N) is 2. The molecule has 0 bridgehead atoms. The second kappa shape index (κ2) is 5.92. The Hall–Kier alpha value is -0.810. The van der Waals surface area contributed by atoms with Crippen molar-refractivity contribution in [3.05, 3.63) is 10.5 Å². The zero-order chi connectivity index (χ0) is 11.3. The van der Waals surface area contributed by atoms with Crippen LogP contribution in [0.25, 0.3) is 0 Å². The maximum absolute atomic E-state index is 11.3. The lowest BCUT2D eigenvalue weighted by molar-refractivity contribution is -0.121. The van der Waals surface area contributed by atoms with Gasteiger partial charge in [0.05, 0.1) is 0 Å². The number of hydrogen-bond acceptors (Lipinski definition) is 4. The van der Waals surface area contributed by atoms with E-state index in [4.69, 9.17) is 11.6 Å². The summed E-state index contributed by atoms with van der Waals surface area (Å²) in [4.78, 5) is 15.3. The fourth-order valence-corrected chi connectivity index (χ4v) is 1.88. The van der Waals surface area contributed by atoms with Crippen LogP contribution in [-0.2, 0) is 4.79 Å². The monoisotopic (exact) mass is 247 g/mol. The molecule has 0 atom stereocenters. The highest BCUT2D eigenvalue weighted by Crippen LogP contribution is 2.18. The van der Waals surface area contributed by atoms with Gasteiger partial charge >= 0.3 is 0 Å². The molecule has 84 valence electrons. The molecule has 0 aromatic carbocycles. The number of carbonyl (C=O) groups excluding carboxylic acids is 1. The van der Waals surface area contributed by atoms with Crippen molar-refractivity contribution < 1.29 is 4.79 Å². The van der Waals surface area contributed by atoms with Crippen LogP contribution >= 0.6 is 22.9 Å². The lowest BCUT2D eigenvalue weighted by Gasteiger charge is -2.08. The average Bonchev–Trinajstić information content (AvgIpc) is 2.50. The molecule has 0 unspecified atom stereocenters. The van der Waals surface area contributed by atoms with Crippen molar-refractivity contribution in [3.63, 3.8) is 0 Å². The quantitative estimate of drug-likeness (QED) is 0.838. The summed E-state index contributed by atoms with van der Waals surface area (Å²) in [5, 5.41) is 8.82. The fourth-order valence-electron chi connectivity index (χ4n) is 1.01. The average molecular weight is 248 g/mol. The van der Waals surface area contributed by atoms with Crippen molar-refractivity contribution in [2.24, 2.45) is 0 Å². The highest BCUT2D eigenvalue weighted by atomic mass is 35.5. The summed E-state index contributed by atoms with van der Waals surface area (Å²) in [6, 6.07) is 0.187. The molecular formula is C9H14ClN3OS. The van der Waals surface area contributed by atoms with Gasteiger partial charge in [-0.3, -0.25) is 4.79 Å². The first-order valence-electron chi connectivity index (χ1n) is 4.72. The highest BCUT2D eigenvalue weighted by Gasteiger charge is 2.03. The molecule has 1 rings (SSSR count). The Morgan fingerprint density at radius 3 is 2.93 bits per heavy atom. The third kappa shape index (κ3) is 4.99. The maximum atomic E-state index is 11.3. The number of aromatic nitrogens is 1. The van der Waals surface area contributed by atoms with Gasteiger partial charge in [0.25, 0.3) is 0 Å². The smallest absolute Gasteiger partial charge is 0.221 e. The van der Waals surface area contributed by atoms with E-state index >= 15 is 0 Å². The molecule has 0 spiro atoms. The van der Waals surface area contributed by atoms with E-state index in [1.807, 2.05) is 13.8 Å². The third-order valence-electron chi connectivity index (χ3n) is 1.55. The molecule has 0 saturated carbocycles. The molecular weight excluding hydrogens is 234 g/mol. The van der Waals surface area contributed by atoms with Crippen LogP contribution < -0.4 is 10.6 Å². The number of rotatable bonds is 5. The van der Waals surface area contributed by atoms with E-state index in [0.717, 1.165) is 5.13 Å². The van der Waals surface area contributed by atoms with E-state index in [9.17, 15) is 4.79 Å². The Morgan fingerprint density at radius 2 is 2.40 bits per heavy atom. The zero-order valence-electron chi connectivity index (χ0n) is 8.71. The number of anilines is 1. The summed E-state index contributed by atoms with van der Waals surface area (Å²) in [6.07, 6.45) is 0.440. The lowest BCUT2D eigenvalue weighted by atomic mass is 10.3. The minimum atomic E-state index is 0.0418. The second-order valence-electron chi connectivity index (χ2n) is 3.37. The van der Waals surface area contributed by atoms with Crippen LogP contribution in [0.2, 0.25) is 5.15 Å². The molecule has 0 aliphatic heterocycles. The summed E-state index contributed by atoms with van der Waals surface area (Å²) in [5.41, 5.74) is 0. The summed E-state index contributed by atoms with van der Waals surface area (Å²) >= 11 is 7.08. The van der Waals surface area contributed by atoms with E-state index in [1.54, 1.807) is 5.38 Å². The molecule has 6 heteroatoms. The predicted molar refractivity (Wildman–Crippen MR) is 63.5 cm³/mol. The molecule has 4 nitrogen and oxygen atoms in total. The molecule has 1 aromatic heterocycles. The Balaban J connectivity index is 2.19. The van der Waals surface area contributed by atoms with Crippen molar-refractivity contribution in [2.45, 2.75) is 26.3 Å². The van der Waals surface area contributed by atoms with Crippen LogP contribution in [0, 0.1) is 0 Å². The number of hydrogen-bond donors (Lipinski definition) is 2. The normalized spacial score (nSPS) is 10.4. The van der Waals surface area contributed by atoms with Crippen molar-refractivity contribution in [2.75, 3.05) is 11.9 Å². The fraction of sp³-hybridized carbons (Fsp3) is 0.556. The molecule has 0 saturated heterocycles. The molecule has 0 fully saturated rings. The SMILES string of the molecule is CC(C)NC(=O)CCNc1nc(Cl)cs1. The van der Waals surface area contributed by atoms with E-state index < -0.39 is 0 Å². The van der Waals surface area contributed by atoms with Gasteiger partial charge in [-0.05, 0) is 13.8 Å². The van der Waals surface area contributed by atoms with Gasteiger partial charge in [0.1, 0.15) is 5.15 Å². The molecule has 0 radical (unpaired) electrons. The topological polar surface area (TPSA) is 54.0 Å². The number of halogens is 1. The van der Waals surface area contributed by atoms with Crippen LogP contribution in [0.5, 0.6) is 0 Å². The van der Waals surface area contributed by atoms with E-state index in [2.05, 4.69) is 15.6 Å². The summed E-state index contributed by atoms with van der Waals surface area (Å²) in [5.74, 6) is 0.0418. The van der Waals surface area contributed by atoms with Gasteiger partial charge in [-0.25, -0.2) is 4.98 Å². The molecule has 1 amide bonds. The predicted octanol–water partition coefficient (Wildman–Crippen LogP) is 2.12. The van der Waals surface area contributed by atoms with Gasteiger partial charge < -0.3 is 10.6 Å². The Morgan fingerprint density at radius 1 is 1.67 bits per heavy atom. The summed E-state index contributed by atoms with van der Waals surface area (Å²) in [7, 11) is 0. The Labute approximate surface area is 98.0 Å². The standard InChI is InChI=1S/C9H14ClN3OS/c1-6(2)12-8(14)3-4-11-9-13-7(10)5-15-9/h5-6H,3-4H2,1-2H3,(H,11,13)(H,12,14). The minimum absolute atomic E-state index is 0.0418. The molecule has 1 aromatic rings. The van der Waals surface area contributed by atoms with Gasteiger partial charge in [-0.1, -0.05) is 11.6 Å². The summed E-state index contributed by atoms with van der Waals surface area (Å²) in [6.45, 7) is 4.44. The molecule has 1 heterocycles. The largest absolute Gasteiger partial charge is 0.361 e. The van der Waals surface area contributed by atoms with Crippen LogP contribution in [0.3, 0.4) is 0 Å². The number of nitrogens with zero attached hydrogens (tertiary/aromatic N) is 1. The lowest BCUT2D eigenvalue weighted by Crippen LogP contribution is -2.31. The van der Waals surface area contributed by atoms with Crippen molar-refractivity contribution in [3.8, 4) is 0 Å². The third-order valence-corrected chi connectivity index (χ3v) is 2.68. The van der Waals surface area contributed by atoms with Crippen LogP contribution in [0.4, 0.5) is 5.13 Å². The van der Waals surface area contributed by atoms with Gasteiger partial charge in [0.15, 0.2) is 5.13 Å². The molecule has 0 aliphatic rings. The number of thiazole rings is 1. The second-order valence-corrected chi connectivity index (χ2v) is 4.62.